The predicted octanol–water partition coefficient (Wildman–Crippen LogP) is 2.77. The van der Waals surface area contributed by atoms with Crippen LogP contribution in [0.5, 0.6) is 0 Å². The second-order valence-corrected chi connectivity index (χ2v) is 7.26. The number of aromatic nitrogens is 4. The average Bonchev–Trinajstić information content (AvgIpc) is 3.37. The van der Waals surface area contributed by atoms with E-state index in [2.05, 4.69) is 25.6 Å². The molecule has 27 heavy (non-hydrogen) atoms. The van der Waals surface area contributed by atoms with Gasteiger partial charge in [-0.1, -0.05) is 23.7 Å². The van der Waals surface area contributed by atoms with Gasteiger partial charge in [0.15, 0.2) is 0 Å². The van der Waals surface area contributed by atoms with Crippen molar-refractivity contribution in [3.8, 4) is 0 Å². The number of halogens is 1. The summed E-state index contributed by atoms with van der Waals surface area (Å²) in [4.78, 5) is 16.7. The van der Waals surface area contributed by atoms with Crippen LogP contribution in [-0.4, -0.2) is 37.2 Å². The van der Waals surface area contributed by atoms with Crippen LogP contribution in [-0.2, 0) is 0 Å². The summed E-state index contributed by atoms with van der Waals surface area (Å²) < 4.78 is 0. The summed E-state index contributed by atoms with van der Waals surface area (Å²) in [5.41, 5.74) is 6.60. The van der Waals surface area contributed by atoms with E-state index in [0.29, 0.717) is 28.9 Å². The number of aliphatic hydroxyl groups is 1. The van der Waals surface area contributed by atoms with Crippen molar-refractivity contribution in [3.05, 3.63) is 41.2 Å². The number of nitrogens with two attached hydrogens (primary N) is 1. The number of pyridine rings is 1. The highest BCUT2D eigenvalue weighted by atomic mass is 35.5. The first kappa shape index (κ1) is 17.7. The van der Waals surface area contributed by atoms with Crippen LogP contribution in [0.2, 0.25) is 5.02 Å². The van der Waals surface area contributed by atoms with Gasteiger partial charge in [0.05, 0.1) is 22.2 Å². The van der Waals surface area contributed by atoms with E-state index in [-0.39, 0.29) is 12.0 Å². The minimum Gasteiger partial charge on any atom is -0.388 e. The van der Waals surface area contributed by atoms with Crippen LogP contribution >= 0.6 is 11.6 Å². The van der Waals surface area contributed by atoms with Gasteiger partial charge in [0, 0.05) is 17.5 Å². The zero-order chi connectivity index (χ0) is 19.0. The topological polar surface area (TPSA) is 122 Å². The SMILES string of the molecule is C[C@H](Nc1ncnc(N)n1)c1cc2cccc(Cl)c2nc1NCC1(O)CC1. The minimum absolute atomic E-state index is 0.150. The Bertz CT molecular complexity index is 993. The number of hydrogen-bond acceptors (Lipinski definition) is 8. The van der Waals surface area contributed by atoms with E-state index in [0.717, 1.165) is 23.8 Å². The summed E-state index contributed by atoms with van der Waals surface area (Å²) in [6.45, 7) is 2.42. The molecule has 0 saturated heterocycles. The maximum Gasteiger partial charge on any atom is 0.227 e. The van der Waals surface area contributed by atoms with Crippen LogP contribution in [0.25, 0.3) is 10.9 Å². The molecule has 2 aromatic heterocycles. The summed E-state index contributed by atoms with van der Waals surface area (Å²) in [5.74, 6) is 1.20. The van der Waals surface area contributed by atoms with Crippen molar-refractivity contribution in [2.45, 2.75) is 31.4 Å². The maximum absolute atomic E-state index is 10.2. The van der Waals surface area contributed by atoms with Gasteiger partial charge in [-0.3, -0.25) is 0 Å². The molecular formula is C18H20ClN7O. The number of rotatable bonds is 6. The molecule has 2 heterocycles. The molecule has 1 atom stereocenters. The molecule has 3 aromatic rings. The van der Waals surface area contributed by atoms with E-state index in [1.165, 1.54) is 6.33 Å². The summed E-state index contributed by atoms with van der Waals surface area (Å²) in [7, 11) is 0. The highest BCUT2D eigenvalue weighted by molar-refractivity contribution is 6.35. The van der Waals surface area contributed by atoms with E-state index in [9.17, 15) is 5.11 Å². The maximum atomic E-state index is 10.2. The van der Waals surface area contributed by atoms with Crippen molar-refractivity contribution in [1.82, 2.24) is 19.9 Å². The van der Waals surface area contributed by atoms with Gasteiger partial charge in [0.2, 0.25) is 11.9 Å². The highest BCUT2D eigenvalue weighted by Gasteiger charge is 2.40. The molecule has 0 aliphatic heterocycles. The van der Waals surface area contributed by atoms with Gasteiger partial charge in [-0.05, 0) is 31.9 Å². The molecule has 140 valence electrons. The zero-order valence-electron chi connectivity index (χ0n) is 14.8. The Kier molecular flexibility index (Phi) is 4.45. The molecule has 5 N–H and O–H groups in total. The third-order valence-corrected chi connectivity index (χ3v) is 4.95. The Labute approximate surface area is 161 Å². The molecule has 0 spiro atoms. The lowest BCUT2D eigenvalue weighted by molar-refractivity contribution is 0.164. The third-order valence-electron chi connectivity index (χ3n) is 4.64. The van der Waals surface area contributed by atoms with Crippen LogP contribution < -0.4 is 16.4 Å². The molecule has 1 aromatic carbocycles. The monoisotopic (exact) mass is 385 g/mol. The number of benzene rings is 1. The van der Waals surface area contributed by atoms with Crippen molar-refractivity contribution < 1.29 is 5.11 Å². The molecule has 0 radical (unpaired) electrons. The molecule has 0 amide bonds. The number of para-hydroxylation sites is 1. The Morgan fingerprint density at radius 1 is 1.30 bits per heavy atom. The number of nitrogen functional groups attached to an aromatic ring is 1. The van der Waals surface area contributed by atoms with Crippen molar-refractivity contribution in [1.29, 1.82) is 0 Å². The van der Waals surface area contributed by atoms with Crippen LogP contribution in [0.1, 0.15) is 31.4 Å². The molecule has 8 nitrogen and oxygen atoms in total. The largest absolute Gasteiger partial charge is 0.388 e. The molecule has 1 saturated carbocycles. The zero-order valence-corrected chi connectivity index (χ0v) is 15.5. The summed E-state index contributed by atoms with van der Waals surface area (Å²) in [6, 6.07) is 7.52. The van der Waals surface area contributed by atoms with Crippen LogP contribution in [0.15, 0.2) is 30.6 Å². The number of nitrogens with zero attached hydrogens (tertiary/aromatic N) is 4. The molecule has 9 heteroatoms. The Morgan fingerprint density at radius 3 is 2.85 bits per heavy atom. The van der Waals surface area contributed by atoms with Crippen molar-refractivity contribution in [2.24, 2.45) is 0 Å². The number of anilines is 3. The summed E-state index contributed by atoms with van der Waals surface area (Å²) >= 11 is 6.31. The van der Waals surface area contributed by atoms with Crippen LogP contribution in [0.4, 0.5) is 17.7 Å². The van der Waals surface area contributed by atoms with Crippen molar-refractivity contribution in [2.75, 3.05) is 22.9 Å². The van der Waals surface area contributed by atoms with Crippen molar-refractivity contribution in [3.63, 3.8) is 0 Å². The minimum atomic E-state index is -0.645. The average molecular weight is 386 g/mol. The molecule has 1 aliphatic rings. The van der Waals surface area contributed by atoms with E-state index in [1.807, 2.05) is 31.2 Å². The second kappa shape index (κ2) is 6.79. The van der Waals surface area contributed by atoms with Gasteiger partial charge in [-0.15, -0.1) is 0 Å². The quantitative estimate of drug-likeness (QED) is 0.511. The number of hydrogen-bond donors (Lipinski definition) is 4. The van der Waals surface area contributed by atoms with Gasteiger partial charge < -0.3 is 21.5 Å². The fourth-order valence-corrected chi connectivity index (χ4v) is 3.09. The lowest BCUT2D eigenvalue weighted by Crippen LogP contribution is -2.23. The van der Waals surface area contributed by atoms with E-state index in [4.69, 9.17) is 22.3 Å². The Balaban J connectivity index is 1.69. The van der Waals surface area contributed by atoms with Gasteiger partial charge in [-0.2, -0.15) is 4.98 Å². The lowest BCUT2D eigenvalue weighted by atomic mass is 10.1. The van der Waals surface area contributed by atoms with E-state index >= 15 is 0 Å². The Hall–Kier alpha value is -2.71. The second-order valence-electron chi connectivity index (χ2n) is 6.85. The Morgan fingerprint density at radius 2 is 2.11 bits per heavy atom. The number of nitrogens with one attached hydrogen (secondary N) is 2. The fourth-order valence-electron chi connectivity index (χ4n) is 2.87. The first-order valence-electron chi connectivity index (χ1n) is 8.70. The van der Waals surface area contributed by atoms with Gasteiger partial charge in [0.25, 0.3) is 0 Å². The molecule has 1 aliphatic carbocycles. The fraction of sp³-hybridized carbons (Fsp3) is 0.333. The highest BCUT2D eigenvalue weighted by Crippen LogP contribution is 2.36. The van der Waals surface area contributed by atoms with Crippen molar-refractivity contribution >= 4 is 40.2 Å². The predicted molar refractivity (Wildman–Crippen MR) is 106 cm³/mol. The standard InChI is InChI=1S/C18H20ClN7O/c1-10(24-17-23-9-22-16(20)26-17)12-7-11-3-2-4-13(19)14(11)25-15(12)21-8-18(27)5-6-18/h2-4,7,9-10,27H,5-6,8H2,1H3,(H,21,25)(H3,20,22,23,24,26)/t10-/m0/s1. The first-order chi connectivity index (χ1) is 12.9. The van der Waals surface area contributed by atoms with Crippen LogP contribution in [0.3, 0.4) is 0 Å². The van der Waals surface area contributed by atoms with Gasteiger partial charge >= 0.3 is 0 Å². The first-order valence-corrected chi connectivity index (χ1v) is 9.08. The van der Waals surface area contributed by atoms with E-state index in [1.54, 1.807) is 0 Å². The third kappa shape index (κ3) is 3.86. The van der Waals surface area contributed by atoms with E-state index < -0.39 is 5.60 Å². The van der Waals surface area contributed by atoms with Gasteiger partial charge in [0.1, 0.15) is 12.1 Å². The normalized spacial score (nSPS) is 16.1. The molecule has 4 rings (SSSR count). The molecule has 0 unspecified atom stereocenters. The summed E-state index contributed by atoms with van der Waals surface area (Å²) in [5, 5.41) is 18.2. The molecule has 0 bridgehead atoms. The molecular weight excluding hydrogens is 366 g/mol. The smallest absolute Gasteiger partial charge is 0.227 e. The summed E-state index contributed by atoms with van der Waals surface area (Å²) in [6.07, 6.45) is 2.95. The number of fused-ring (bicyclic) bond motifs is 1. The molecule has 1 fully saturated rings. The van der Waals surface area contributed by atoms with Gasteiger partial charge in [-0.25, -0.2) is 15.0 Å². The van der Waals surface area contributed by atoms with Crippen LogP contribution in [0, 0.1) is 0 Å². The lowest BCUT2D eigenvalue weighted by Gasteiger charge is -2.20.